The van der Waals surface area contributed by atoms with Crippen molar-refractivity contribution in [3.05, 3.63) is 95.6 Å². The molecule has 3 aromatic carbocycles. The largest absolute Gasteiger partial charge is 0.342 e. The maximum absolute atomic E-state index is 12.7. The zero-order chi connectivity index (χ0) is 24.2. The zero-order valence-corrected chi connectivity index (χ0v) is 20.5. The van der Waals surface area contributed by atoms with E-state index < -0.39 is 0 Å². The zero-order valence-electron chi connectivity index (χ0n) is 19.7. The Balaban J connectivity index is 1.33. The second-order valence-electron chi connectivity index (χ2n) is 8.37. The molecule has 8 heteroatoms. The van der Waals surface area contributed by atoms with Gasteiger partial charge in [-0.2, -0.15) is 0 Å². The van der Waals surface area contributed by atoms with Crippen molar-refractivity contribution in [2.75, 3.05) is 11.1 Å². The molecular weight excluding hydrogens is 456 g/mol. The van der Waals surface area contributed by atoms with Gasteiger partial charge in [0.15, 0.2) is 5.16 Å². The summed E-state index contributed by atoms with van der Waals surface area (Å²) in [4.78, 5) is 20.8. The summed E-state index contributed by atoms with van der Waals surface area (Å²) < 4.78 is 2.03. The van der Waals surface area contributed by atoms with Gasteiger partial charge in [-0.15, -0.1) is 10.2 Å². The maximum Gasteiger partial charge on any atom is 0.234 e. The third-order valence-corrected chi connectivity index (χ3v) is 6.75. The number of benzene rings is 3. The van der Waals surface area contributed by atoms with Crippen LogP contribution in [0.1, 0.15) is 22.8 Å². The summed E-state index contributed by atoms with van der Waals surface area (Å²) in [6, 6.07) is 24.0. The fourth-order valence-corrected chi connectivity index (χ4v) is 4.83. The van der Waals surface area contributed by atoms with Crippen LogP contribution in [0.2, 0.25) is 0 Å². The Hall–Kier alpha value is -3.91. The quantitative estimate of drug-likeness (QED) is 0.294. The third-order valence-electron chi connectivity index (χ3n) is 5.82. The number of rotatable bonds is 8. The molecule has 5 aromatic rings. The van der Waals surface area contributed by atoms with E-state index in [9.17, 15) is 4.79 Å². The molecule has 0 radical (unpaired) electrons. The number of aromatic nitrogens is 5. The molecule has 2 aromatic heterocycles. The van der Waals surface area contributed by atoms with E-state index in [-0.39, 0.29) is 11.7 Å². The van der Waals surface area contributed by atoms with Gasteiger partial charge < -0.3 is 10.3 Å². The number of H-pyrrole nitrogens is 1. The Morgan fingerprint density at radius 3 is 2.43 bits per heavy atom. The molecule has 176 valence electrons. The number of thioether (sulfide) groups is 1. The van der Waals surface area contributed by atoms with Gasteiger partial charge in [-0.3, -0.25) is 9.36 Å². The van der Waals surface area contributed by atoms with Gasteiger partial charge in [-0.1, -0.05) is 60.3 Å². The van der Waals surface area contributed by atoms with Crippen LogP contribution in [0.3, 0.4) is 0 Å². The van der Waals surface area contributed by atoms with Gasteiger partial charge in [0.1, 0.15) is 11.6 Å². The molecule has 0 aliphatic heterocycles. The summed E-state index contributed by atoms with van der Waals surface area (Å²) in [5, 5.41) is 12.6. The average Bonchev–Trinajstić information content (AvgIpc) is 3.48. The number of aryl methyl sites for hydroxylation is 4. The van der Waals surface area contributed by atoms with Gasteiger partial charge in [0, 0.05) is 24.2 Å². The van der Waals surface area contributed by atoms with Crippen molar-refractivity contribution in [3.63, 3.8) is 0 Å². The minimum atomic E-state index is -0.0705. The number of anilines is 1. The monoisotopic (exact) mass is 482 g/mol. The summed E-state index contributed by atoms with van der Waals surface area (Å²) in [7, 11) is 0. The van der Waals surface area contributed by atoms with Crippen molar-refractivity contribution in [2.45, 2.75) is 31.8 Å². The van der Waals surface area contributed by atoms with E-state index in [0.717, 1.165) is 45.2 Å². The van der Waals surface area contributed by atoms with Crippen molar-refractivity contribution in [1.82, 2.24) is 24.7 Å². The van der Waals surface area contributed by atoms with E-state index >= 15 is 0 Å². The van der Waals surface area contributed by atoms with Crippen molar-refractivity contribution in [3.8, 4) is 5.69 Å². The van der Waals surface area contributed by atoms with Crippen LogP contribution in [0.4, 0.5) is 5.69 Å². The highest BCUT2D eigenvalue weighted by Crippen LogP contribution is 2.24. The molecule has 0 fully saturated rings. The molecule has 5 rings (SSSR count). The number of imidazole rings is 1. The second-order valence-corrected chi connectivity index (χ2v) is 9.32. The van der Waals surface area contributed by atoms with Crippen LogP contribution >= 0.6 is 11.8 Å². The highest BCUT2D eigenvalue weighted by Gasteiger charge is 2.17. The summed E-state index contributed by atoms with van der Waals surface area (Å²) in [5.41, 5.74) is 5.91. The molecule has 0 unspecified atom stereocenters. The van der Waals surface area contributed by atoms with Crippen LogP contribution < -0.4 is 5.32 Å². The SMILES string of the molecule is Cc1cccc(C)c1NC(=O)CSc1nnc(CCc2nc3ccccc3[nH]2)n1-c1ccccc1. The number of aromatic amines is 1. The lowest BCUT2D eigenvalue weighted by atomic mass is 10.1. The van der Waals surface area contributed by atoms with Crippen LogP contribution in [0, 0.1) is 13.8 Å². The fourth-order valence-electron chi connectivity index (χ4n) is 4.06. The molecule has 35 heavy (non-hydrogen) atoms. The first kappa shape index (κ1) is 22.9. The first-order chi connectivity index (χ1) is 17.1. The maximum atomic E-state index is 12.7. The molecule has 1 amide bonds. The number of para-hydroxylation sites is 4. The first-order valence-electron chi connectivity index (χ1n) is 11.5. The minimum absolute atomic E-state index is 0.0705. The molecule has 7 nitrogen and oxygen atoms in total. The Morgan fingerprint density at radius 2 is 1.66 bits per heavy atom. The van der Waals surface area contributed by atoms with Crippen LogP contribution in [-0.4, -0.2) is 36.4 Å². The molecule has 0 bridgehead atoms. The number of fused-ring (bicyclic) bond motifs is 1. The van der Waals surface area contributed by atoms with Crippen LogP contribution in [-0.2, 0) is 17.6 Å². The number of carbonyl (C=O) groups is 1. The topological polar surface area (TPSA) is 88.5 Å². The molecule has 0 saturated carbocycles. The van der Waals surface area contributed by atoms with Crippen LogP contribution in [0.5, 0.6) is 0 Å². The lowest BCUT2D eigenvalue weighted by Gasteiger charge is -2.12. The number of nitrogens with one attached hydrogen (secondary N) is 2. The van der Waals surface area contributed by atoms with E-state index in [2.05, 4.69) is 25.5 Å². The summed E-state index contributed by atoms with van der Waals surface area (Å²) in [6.45, 7) is 3.99. The number of hydrogen-bond acceptors (Lipinski definition) is 5. The smallest absolute Gasteiger partial charge is 0.234 e. The summed E-state index contributed by atoms with van der Waals surface area (Å²) in [5.74, 6) is 1.91. The lowest BCUT2D eigenvalue weighted by Crippen LogP contribution is -2.16. The highest BCUT2D eigenvalue weighted by atomic mass is 32.2. The van der Waals surface area contributed by atoms with Crippen molar-refractivity contribution in [2.24, 2.45) is 0 Å². The molecule has 2 N–H and O–H groups in total. The van der Waals surface area contributed by atoms with E-state index in [0.29, 0.717) is 18.0 Å². The van der Waals surface area contributed by atoms with Crippen molar-refractivity contribution in [1.29, 1.82) is 0 Å². The summed E-state index contributed by atoms with van der Waals surface area (Å²) in [6.07, 6.45) is 1.37. The standard InChI is InChI=1S/C27H26N6OS/c1-18-9-8-10-19(2)26(18)30-25(34)17-35-27-32-31-24(33(27)20-11-4-3-5-12-20)16-15-23-28-21-13-6-7-14-22(21)29-23/h3-14H,15-17H2,1-2H3,(H,28,29)(H,30,34). The van der Waals surface area contributed by atoms with Crippen molar-refractivity contribution >= 4 is 34.4 Å². The van der Waals surface area contributed by atoms with Gasteiger partial charge >= 0.3 is 0 Å². The number of carbonyl (C=O) groups excluding carboxylic acids is 1. The van der Waals surface area contributed by atoms with E-state index in [1.807, 2.05) is 91.2 Å². The number of amides is 1. The number of nitrogens with zero attached hydrogens (tertiary/aromatic N) is 4. The molecule has 0 saturated heterocycles. The van der Waals surface area contributed by atoms with E-state index in [4.69, 9.17) is 0 Å². The Kier molecular flexibility index (Phi) is 6.63. The molecule has 2 heterocycles. The normalized spacial score (nSPS) is 11.1. The van der Waals surface area contributed by atoms with Gasteiger partial charge in [-0.05, 0) is 49.2 Å². The van der Waals surface area contributed by atoms with Gasteiger partial charge in [0.25, 0.3) is 0 Å². The Morgan fingerprint density at radius 1 is 0.914 bits per heavy atom. The Labute approximate surface area is 208 Å². The third kappa shape index (κ3) is 5.12. The molecule has 0 aliphatic carbocycles. The van der Waals surface area contributed by atoms with E-state index in [1.165, 1.54) is 11.8 Å². The second kappa shape index (κ2) is 10.1. The van der Waals surface area contributed by atoms with Crippen LogP contribution in [0.25, 0.3) is 16.7 Å². The van der Waals surface area contributed by atoms with E-state index in [1.54, 1.807) is 0 Å². The molecular formula is C27H26N6OS. The van der Waals surface area contributed by atoms with Crippen LogP contribution in [0.15, 0.2) is 78.0 Å². The lowest BCUT2D eigenvalue weighted by molar-refractivity contribution is -0.113. The van der Waals surface area contributed by atoms with Gasteiger partial charge in [0.2, 0.25) is 5.91 Å². The predicted octanol–water partition coefficient (Wildman–Crippen LogP) is 5.28. The van der Waals surface area contributed by atoms with Gasteiger partial charge in [-0.25, -0.2) is 4.98 Å². The Bertz CT molecular complexity index is 1420. The van der Waals surface area contributed by atoms with Crippen molar-refractivity contribution < 1.29 is 4.79 Å². The predicted molar refractivity (Wildman–Crippen MR) is 140 cm³/mol. The molecule has 0 aliphatic rings. The minimum Gasteiger partial charge on any atom is -0.342 e. The average molecular weight is 483 g/mol. The summed E-state index contributed by atoms with van der Waals surface area (Å²) >= 11 is 1.38. The molecule has 0 atom stereocenters. The fraction of sp³-hybridized carbons (Fsp3) is 0.185. The first-order valence-corrected chi connectivity index (χ1v) is 12.5. The molecule has 0 spiro atoms. The van der Waals surface area contributed by atoms with Gasteiger partial charge in [0.05, 0.1) is 16.8 Å². The highest BCUT2D eigenvalue weighted by molar-refractivity contribution is 7.99. The number of hydrogen-bond donors (Lipinski definition) is 2.